The highest BCUT2D eigenvalue weighted by Crippen LogP contribution is 2.28. The van der Waals surface area contributed by atoms with E-state index in [1.807, 2.05) is 44.2 Å². The zero-order chi connectivity index (χ0) is 21.3. The van der Waals surface area contributed by atoms with Crippen molar-refractivity contribution >= 4 is 22.8 Å². The number of carbonyl (C=O) groups is 2. The Morgan fingerprint density at radius 1 is 1.07 bits per heavy atom. The lowest BCUT2D eigenvalue weighted by Crippen LogP contribution is -2.39. The molecule has 0 spiro atoms. The van der Waals surface area contributed by atoms with Crippen LogP contribution in [0.5, 0.6) is 5.75 Å². The van der Waals surface area contributed by atoms with Gasteiger partial charge in [0.1, 0.15) is 5.75 Å². The minimum Gasteiger partial charge on any atom is -0.478 e. The van der Waals surface area contributed by atoms with Crippen LogP contribution in [0.1, 0.15) is 41.0 Å². The molecule has 3 aromatic rings. The molecule has 152 valence electrons. The number of ether oxygens (including phenoxy) is 2. The number of aromatic carboxylic acids is 1. The summed E-state index contributed by atoms with van der Waals surface area (Å²) >= 11 is 0. The second-order valence-corrected chi connectivity index (χ2v) is 7.58. The topological polar surface area (TPSA) is 77.8 Å². The van der Waals surface area contributed by atoms with Gasteiger partial charge in [0.25, 0.3) is 0 Å². The van der Waals surface area contributed by atoms with Gasteiger partial charge in [-0.1, -0.05) is 12.1 Å². The normalized spacial score (nSPS) is 11.5. The second kappa shape index (κ2) is 7.62. The van der Waals surface area contributed by atoms with Crippen molar-refractivity contribution in [1.82, 2.24) is 4.57 Å². The average Bonchev–Trinajstić information content (AvgIpc) is 2.92. The second-order valence-electron chi connectivity index (χ2n) is 7.58. The number of hydrogen-bond donors (Lipinski definition) is 1. The summed E-state index contributed by atoms with van der Waals surface area (Å²) in [6.07, 6.45) is 0. The number of aryl methyl sites for hydroxylation is 1. The van der Waals surface area contributed by atoms with Crippen molar-refractivity contribution in [2.24, 2.45) is 0 Å². The van der Waals surface area contributed by atoms with Gasteiger partial charge in [-0.3, -0.25) is 0 Å². The molecule has 3 rings (SSSR count). The molecule has 1 N–H and O–H groups in total. The molecule has 29 heavy (non-hydrogen) atoms. The number of carboxylic acid groups (broad SMARTS) is 1. The van der Waals surface area contributed by atoms with Crippen LogP contribution in [-0.2, 0) is 16.1 Å². The molecule has 1 heterocycles. The van der Waals surface area contributed by atoms with Gasteiger partial charge in [-0.05, 0) is 69.2 Å². The number of aromatic nitrogens is 1. The summed E-state index contributed by atoms with van der Waals surface area (Å²) in [4.78, 5) is 23.1. The number of fused-ring (bicyclic) bond motifs is 1. The van der Waals surface area contributed by atoms with Crippen molar-refractivity contribution in [3.05, 3.63) is 64.8 Å². The van der Waals surface area contributed by atoms with Gasteiger partial charge in [0.05, 0.1) is 12.7 Å². The molecule has 0 aliphatic heterocycles. The van der Waals surface area contributed by atoms with Crippen LogP contribution in [0.2, 0.25) is 0 Å². The van der Waals surface area contributed by atoms with E-state index in [1.54, 1.807) is 26.0 Å². The van der Waals surface area contributed by atoms with Crippen LogP contribution in [0.4, 0.5) is 0 Å². The number of nitrogens with zero attached hydrogens (tertiary/aromatic N) is 1. The quantitative estimate of drug-likeness (QED) is 0.629. The molecule has 0 atom stereocenters. The summed E-state index contributed by atoms with van der Waals surface area (Å²) in [6, 6.07) is 12.8. The Kier molecular flexibility index (Phi) is 5.38. The van der Waals surface area contributed by atoms with E-state index in [4.69, 9.17) is 9.47 Å². The zero-order valence-corrected chi connectivity index (χ0v) is 17.3. The average molecular weight is 395 g/mol. The van der Waals surface area contributed by atoms with E-state index in [0.717, 1.165) is 27.7 Å². The summed E-state index contributed by atoms with van der Waals surface area (Å²) in [5, 5.41) is 10.2. The molecule has 0 aliphatic rings. The first-order valence-electron chi connectivity index (χ1n) is 9.33. The van der Waals surface area contributed by atoms with Crippen molar-refractivity contribution in [3.63, 3.8) is 0 Å². The van der Waals surface area contributed by atoms with Crippen LogP contribution in [0.25, 0.3) is 10.9 Å². The van der Waals surface area contributed by atoms with Gasteiger partial charge in [-0.2, -0.15) is 0 Å². The highest BCUT2D eigenvalue weighted by Gasteiger charge is 2.31. The number of hydrogen-bond acceptors (Lipinski definition) is 4. The molecule has 0 amide bonds. The number of methoxy groups -OCH3 is 1. The molecular weight excluding hydrogens is 370 g/mol. The standard InChI is InChI=1S/C23H25NO5/c1-14-15(2)24(20-11-8-17(21(25)26)12-19(14)20)13-16-6-9-18(10-7-16)29-23(3,4)22(27)28-5/h6-12H,13H2,1-5H3,(H,25,26). The lowest BCUT2D eigenvalue weighted by Gasteiger charge is -2.23. The van der Waals surface area contributed by atoms with Crippen LogP contribution in [-0.4, -0.2) is 34.3 Å². The highest BCUT2D eigenvalue weighted by atomic mass is 16.6. The Bertz CT molecular complexity index is 1080. The first-order valence-corrected chi connectivity index (χ1v) is 9.33. The fraction of sp³-hybridized carbons (Fsp3) is 0.304. The van der Waals surface area contributed by atoms with E-state index in [9.17, 15) is 14.7 Å². The minimum absolute atomic E-state index is 0.285. The largest absolute Gasteiger partial charge is 0.478 e. The third-order valence-electron chi connectivity index (χ3n) is 5.20. The van der Waals surface area contributed by atoms with Crippen molar-refractivity contribution < 1.29 is 24.2 Å². The molecule has 0 saturated carbocycles. The number of benzene rings is 2. The summed E-state index contributed by atoms with van der Waals surface area (Å²) in [5.74, 6) is -0.782. The van der Waals surface area contributed by atoms with Gasteiger partial charge in [0.15, 0.2) is 5.60 Å². The molecule has 0 aliphatic carbocycles. The van der Waals surface area contributed by atoms with Crippen LogP contribution in [0.3, 0.4) is 0 Å². The van der Waals surface area contributed by atoms with Crippen molar-refractivity contribution in [2.75, 3.05) is 7.11 Å². The van der Waals surface area contributed by atoms with Crippen molar-refractivity contribution in [2.45, 2.75) is 39.8 Å². The van der Waals surface area contributed by atoms with Crippen LogP contribution < -0.4 is 4.74 Å². The van der Waals surface area contributed by atoms with Gasteiger partial charge < -0.3 is 19.1 Å². The van der Waals surface area contributed by atoms with Gasteiger partial charge in [-0.25, -0.2) is 9.59 Å². The van der Waals surface area contributed by atoms with E-state index in [2.05, 4.69) is 4.57 Å². The molecule has 0 saturated heterocycles. The summed E-state index contributed by atoms with van der Waals surface area (Å²) in [5.41, 5.74) is 3.44. The third-order valence-corrected chi connectivity index (χ3v) is 5.20. The number of esters is 1. The summed E-state index contributed by atoms with van der Waals surface area (Å²) < 4.78 is 12.7. The molecule has 6 nitrogen and oxygen atoms in total. The molecule has 0 fully saturated rings. The van der Waals surface area contributed by atoms with Gasteiger partial charge in [-0.15, -0.1) is 0 Å². The predicted octanol–water partition coefficient (Wildman–Crippen LogP) is 4.34. The first-order chi connectivity index (χ1) is 13.6. The Balaban J connectivity index is 1.87. The van der Waals surface area contributed by atoms with Crippen LogP contribution in [0.15, 0.2) is 42.5 Å². The van der Waals surface area contributed by atoms with Gasteiger partial charge >= 0.3 is 11.9 Å². The number of rotatable bonds is 6. The molecule has 0 bridgehead atoms. The van der Waals surface area contributed by atoms with Crippen LogP contribution >= 0.6 is 0 Å². The number of carboxylic acids is 1. The minimum atomic E-state index is -1.07. The molecule has 2 aromatic carbocycles. The van der Waals surface area contributed by atoms with E-state index in [1.165, 1.54) is 7.11 Å². The van der Waals surface area contributed by atoms with Gasteiger partial charge in [0.2, 0.25) is 0 Å². The fourth-order valence-corrected chi connectivity index (χ4v) is 3.41. The maximum Gasteiger partial charge on any atom is 0.349 e. The maximum atomic E-state index is 11.8. The molecule has 0 unspecified atom stereocenters. The number of carbonyl (C=O) groups excluding carboxylic acids is 1. The predicted molar refractivity (Wildman–Crippen MR) is 111 cm³/mol. The Morgan fingerprint density at radius 3 is 2.31 bits per heavy atom. The summed E-state index contributed by atoms with van der Waals surface area (Å²) in [7, 11) is 1.34. The Morgan fingerprint density at radius 2 is 1.72 bits per heavy atom. The fourth-order valence-electron chi connectivity index (χ4n) is 3.41. The monoisotopic (exact) mass is 395 g/mol. The Labute approximate surface area is 169 Å². The SMILES string of the molecule is COC(=O)C(C)(C)Oc1ccc(Cn2c(C)c(C)c3cc(C(=O)O)ccc32)cc1. The lowest BCUT2D eigenvalue weighted by molar-refractivity contribution is -0.156. The van der Waals surface area contributed by atoms with E-state index < -0.39 is 17.5 Å². The van der Waals surface area contributed by atoms with E-state index >= 15 is 0 Å². The highest BCUT2D eigenvalue weighted by molar-refractivity contribution is 5.95. The van der Waals surface area contributed by atoms with Gasteiger partial charge in [0, 0.05) is 23.1 Å². The smallest absolute Gasteiger partial charge is 0.349 e. The van der Waals surface area contributed by atoms with E-state index in [0.29, 0.717) is 12.3 Å². The third kappa shape index (κ3) is 3.97. The first kappa shape index (κ1) is 20.5. The Hall–Kier alpha value is -3.28. The van der Waals surface area contributed by atoms with Crippen molar-refractivity contribution in [3.8, 4) is 5.75 Å². The van der Waals surface area contributed by atoms with Crippen molar-refractivity contribution in [1.29, 1.82) is 0 Å². The van der Waals surface area contributed by atoms with Crippen LogP contribution in [0, 0.1) is 13.8 Å². The maximum absolute atomic E-state index is 11.8. The summed E-state index contributed by atoms with van der Waals surface area (Å²) in [6.45, 7) is 8.01. The molecule has 6 heteroatoms. The molecular formula is C23H25NO5. The zero-order valence-electron chi connectivity index (χ0n) is 17.3. The molecule has 1 aromatic heterocycles. The molecule has 0 radical (unpaired) electrons. The van der Waals surface area contributed by atoms with E-state index in [-0.39, 0.29) is 5.56 Å². The lowest BCUT2D eigenvalue weighted by atomic mass is 10.1.